The van der Waals surface area contributed by atoms with Gasteiger partial charge >= 0.3 is 0 Å². The molecule has 0 unspecified atom stereocenters. The van der Waals surface area contributed by atoms with Crippen LogP contribution >= 0.6 is 0 Å². The second-order valence-corrected chi connectivity index (χ2v) is 8.63. The highest BCUT2D eigenvalue weighted by atomic mass is 16.5. The molecule has 2 heterocycles. The zero-order valence-electron chi connectivity index (χ0n) is 18.5. The summed E-state index contributed by atoms with van der Waals surface area (Å²) < 4.78 is 6.04. The van der Waals surface area contributed by atoms with E-state index in [1.807, 2.05) is 43.0 Å². The van der Waals surface area contributed by atoms with E-state index < -0.39 is 0 Å². The van der Waals surface area contributed by atoms with Crippen LogP contribution in [0.4, 0.5) is 0 Å². The van der Waals surface area contributed by atoms with Crippen molar-refractivity contribution in [3.63, 3.8) is 0 Å². The number of carbonyl (C=O) groups is 2. The predicted octanol–water partition coefficient (Wildman–Crippen LogP) is 2.84. The molecule has 2 atom stereocenters. The number of nitrogens with zero attached hydrogens (tertiary/aromatic N) is 2. The molecule has 0 aliphatic carbocycles. The van der Waals surface area contributed by atoms with Gasteiger partial charge in [-0.05, 0) is 44.7 Å². The zero-order valence-corrected chi connectivity index (χ0v) is 18.5. The van der Waals surface area contributed by atoms with Crippen molar-refractivity contribution >= 4 is 11.8 Å². The normalized spacial score (nSPS) is 24.1. The van der Waals surface area contributed by atoms with Gasteiger partial charge in [0.2, 0.25) is 11.8 Å². The molecule has 2 aliphatic rings. The first kappa shape index (κ1) is 22.3. The summed E-state index contributed by atoms with van der Waals surface area (Å²) in [4.78, 5) is 29.5. The van der Waals surface area contributed by atoms with Gasteiger partial charge in [0.25, 0.3) is 0 Å². The standard InChI is InChI=1S/C24H35N3O3/c1-4-26-15-21-8-5-6-10-22(21)30-13-7-9-20-16-27(24(29)17-26)12-11-19(20)14-23(28)25-18(2)3/h5-10,18-20H,4,11-17H2,1-3H3,(H,25,28)/b9-7-/t19-,20-/m0/s1. The minimum absolute atomic E-state index is 0.0911. The van der Waals surface area contributed by atoms with Gasteiger partial charge in [0.05, 0.1) is 6.54 Å². The van der Waals surface area contributed by atoms with Crippen molar-refractivity contribution in [2.24, 2.45) is 11.8 Å². The lowest BCUT2D eigenvalue weighted by atomic mass is 9.82. The molecule has 3 rings (SSSR count). The number of hydrogen-bond acceptors (Lipinski definition) is 4. The molecule has 2 amide bonds. The SMILES string of the molecule is CCN1CC(=O)N2CC[C@@H](CC(=O)NC(C)C)[C@@H](/C=C\COc3ccccc3C1)C2. The van der Waals surface area contributed by atoms with Gasteiger partial charge in [-0.25, -0.2) is 0 Å². The van der Waals surface area contributed by atoms with Crippen molar-refractivity contribution in [3.05, 3.63) is 42.0 Å². The average Bonchev–Trinajstić information content (AvgIpc) is 2.72. The fraction of sp³-hybridized carbons (Fsp3) is 0.583. The number of para-hydroxylation sites is 1. The van der Waals surface area contributed by atoms with Crippen LogP contribution in [0.2, 0.25) is 0 Å². The van der Waals surface area contributed by atoms with E-state index in [0.29, 0.717) is 39.2 Å². The number of hydrogen-bond donors (Lipinski definition) is 1. The number of amides is 2. The molecule has 1 N–H and O–H groups in total. The minimum atomic E-state index is 0.0911. The summed E-state index contributed by atoms with van der Waals surface area (Å²) in [5.41, 5.74) is 1.10. The largest absolute Gasteiger partial charge is 0.489 e. The summed E-state index contributed by atoms with van der Waals surface area (Å²) >= 11 is 0. The molecule has 0 saturated carbocycles. The van der Waals surface area contributed by atoms with Gasteiger partial charge in [-0.1, -0.05) is 37.3 Å². The van der Waals surface area contributed by atoms with Gasteiger partial charge in [0, 0.05) is 37.7 Å². The third kappa shape index (κ3) is 6.08. The number of nitrogens with one attached hydrogen (secondary N) is 1. The van der Waals surface area contributed by atoms with Gasteiger partial charge in [0.1, 0.15) is 12.4 Å². The van der Waals surface area contributed by atoms with Crippen LogP contribution in [0.1, 0.15) is 39.2 Å². The first-order valence-corrected chi connectivity index (χ1v) is 11.1. The van der Waals surface area contributed by atoms with Gasteiger partial charge in [-0.3, -0.25) is 14.5 Å². The highest BCUT2D eigenvalue weighted by Gasteiger charge is 2.32. The Bertz CT molecular complexity index is 762. The summed E-state index contributed by atoms with van der Waals surface area (Å²) in [5.74, 6) is 1.52. The summed E-state index contributed by atoms with van der Waals surface area (Å²) in [7, 11) is 0. The van der Waals surface area contributed by atoms with Gasteiger partial charge < -0.3 is 15.0 Å². The molecule has 1 aromatic carbocycles. The van der Waals surface area contributed by atoms with Crippen LogP contribution in [0.5, 0.6) is 5.75 Å². The maximum absolute atomic E-state index is 13.0. The van der Waals surface area contributed by atoms with Crippen molar-refractivity contribution in [2.45, 2.75) is 46.2 Å². The molecular formula is C24H35N3O3. The van der Waals surface area contributed by atoms with Crippen molar-refractivity contribution in [1.82, 2.24) is 15.1 Å². The molecule has 0 aromatic heterocycles. The Hall–Kier alpha value is -2.34. The van der Waals surface area contributed by atoms with Crippen molar-refractivity contribution in [3.8, 4) is 5.75 Å². The Morgan fingerprint density at radius 2 is 2.07 bits per heavy atom. The van der Waals surface area contributed by atoms with E-state index in [1.165, 1.54) is 0 Å². The van der Waals surface area contributed by atoms with E-state index in [0.717, 1.165) is 24.3 Å². The van der Waals surface area contributed by atoms with Crippen LogP contribution in [-0.2, 0) is 16.1 Å². The molecule has 0 radical (unpaired) electrons. The predicted molar refractivity (Wildman–Crippen MR) is 118 cm³/mol. The van der Waals surface area contributed by atoms with Gasteiger partial charge in [-0.15, -0.1) is 0 Å². The fourth-order valence-electron chi connectivity index (χ4n) is 4.30. The molecule has 1 fully saturated rings. The maximum atomic E-state index is 13.0. The Balaban J connectivity index is 1.78. The lowest BCUT2D eigenvalue weighted by Gasteiger charge is -2.38. The van der Waals surface area contributed by atoms with Gasteiger partial charge in [-0.2, -0.15) is 0 Å². The quantitative estimate of drug-likeness (QED) is 0.771. The Morgan fingerprint density at radius 1 is 1.27 bits per heavy atom. The number of rotatable bonds is 4. The minimum Gasteiger partial charge on any atom is -0.489 e. The van der Waals surface area contributed by atoms with Crippen molar-refractivity contribution in [1.29, 1.82) is 0 Å². The number of ether oxygens (including phenoxy) is 1. The summed E-state index contributed by atoms with van der Waals surface area (Å²) in [6.07, 6.45) is 5.53. The topological polar surface area (TPSA) is 61.9 Å². The van der Waals surface area contributed by atoms with Crippen molar-refractivity contribution < 1.29 is 14.3 Å². The average molecular weight is 414 g/mol. The van der Waals surface area contributed by atoms with Crippen LogP contribution in [-0.4, -0.2) is 60.4 Å². The monoisotopic (exact) mass is 413 g/mol. The molecule has 6 nitrogen and oxygen atoms in total. The Kier molecular flexibility index (Phi) is 7.91. The van der Waals surface area contributed by atoms with E-state index in [1.54, 1.807) is 0 Å². The maximum Gasteiger partial charge on any atom is 0.236 e. The molecule has 1 saturated heterocycles. The number of likely N-dealkylation sites (N-methyl/N-ethyl adjacent to an activating group) is 1. The van der Waals surface area contributed by atoms with Crippen LogP contribution < -0.4 is 10.1 Å². The van der Waals surface area contributed by atoms with Crippen molar-refractivity contribution in [2.75, 3.05) is 32.8 Å². The molecule has 0 spiro atoms. The number of piperidine rings is 1. The second kappa shape index (κ2) is 10.6. The highest BCUT2D eigenvalue weighted by Crippen LogP contribution is 2.29. The zero-order chi connectivity index (χ0) is 21.5. The van der Waals surface area contributed by atoms with E-state index >= 15 is 0 Å². The van der Waals surface area contributed by atoms with E-state index in [2.05, 4.69) is 29.3 Å². The fourth-order valence-corrected chi connectivity index (χ4v) is 4.30. The molecule has 2 bridgehead atoms. The van der Waals surface area contributed by atoms with E-state index in [-0.39, 0.29) is 29.7 Å². The van der Waals surface area contributed by atoms with Crippen LogP contribution in [0.15, 0.2) is 36.4 Å². The molecule has 30 heavy (non-hydrogen) atoms. The Labute approximate surface area is 180 Å². The van der Waals surface area contributed by atoms with Crippen LogP contribution in [0, 0.1) is 11.8 Å². The van der Waals surface area contributed by atoms with Crippen LogP contribution in [0.25, 0.3) is 0 Å². The Morgan fingerprint density at radius 3 is 2.83 bits per heavy atom. The third-order valence-electron chi connectivity index (χ3n) is 5.95. The molecule has 164 valence electrons. The highest BCUT2D eigenvalue weighted by molar-refractivity contribution is 5.79. The molecule has 2 aliphatic heterocycles. The smallest absolute Gasteiger partial charge is 0.236 e. The first-order chi connectivity index (χ1) is 14.5. The van der Waals surface area contributed by atoms with Crippen LogP contribution in [0.3, 0.4) is 0 Å². The summed E-state index contributed by atoms with van der Waals surface area (Å²) in [6.45, 7) is 9.80. The van der Waals surface area contributed by atoms with E-state index in [9.17, 15) is 9.59 Å². The molecular weight excluding hydrogens is 378 g/mol. The molecule has 6 heteroatoms. The number of carbonyl (C=O) groups excluding carboxylic acids is 2. The lowest BCUT2D eigenvalue weighted by molar-refractivity contribution is -0.135. The molecule has 1 aromatic rings. The number of benzene rings is 1. The first-order valence-electron chi connectivity index (χ1n) is 11.1. The van der Waals surface area contributed by atoms with E-state index in [4.69, 9.17) is 4.74 Å². The third-order valence-corrected chi connectivity index (χ3v) is 5.95. The second-order valence-electron chi connectivity index (χ2n) is 8.63. The summed E-state index contributed by atoms with van der Waals surface area (Å²) in [6, 6.07) is 8.18. The van der Waals surface area contributed by atoms with Gasteiger partial charge in [0.15, 0.2) is 0 Å². The summed E-state index contributed by atoms with van der Waals surface area (Å²) in [5, 5.41) is 3.00. The lowest BCUT2D eigenvalue weighted by Crippen LogP contribution is -2.48. The number of fused-ring (bicyclic) bond motifs is 3.